The van der Waals surface area contributed by atoms with Crippen LogP contribution < -0.4 is 0 Å². The molecule has 0 atom stereocenters. The monoisotopic (exact) mass is 230 g/mol. The minimum atomic E-state index is -0.476. The molecule has 0 fully saturated rings. The fourth-order valence-corrected chi connectivity index (χ4v) is 2.12. The molecular weight excluding hydrogens is 200 g/mol. The molecule has 0 heterocycles. The smallest absolute Gasteiger partial charge is 0.0642 e. The van der Waals surface area contributed by atoms with Crippen molar-refractivity contribution in [2.75, 3.05) is 0 Å². The fraction of sp³-hybridized carbons (Fsp3) is 1.00. The predicted octanol–water partition coefficient (Wildman–Crippen LogP) is 3.65. The van der Waals surface area contributed by atoms with Crippen LogP contribution in [0.25, 0.3) is 0 Å². The molecule has 0 unspecified atom stereocenters. The average Bonchev–Trinajstić information content (AvgIpc) is 2.34. The second-order valence-electron chi connectivity index (χ2n) is 5.07. The highest BCUT2D eigenvalue weighted by Gasteiger charge is 2.24. The van der Waals surface area contributed by atoms with Gasteiger partial charge in [-0.1, -0.05) is 40.5 Å². The molecule has 0 radical (unpaired) electrons. The Morgan fingerprint density at radius 2 is 0.875 bits per heavy atom. The molecule has 2 heteroatoms. The highest BCUT2D eigenvalue weighted by molar-refractivity contribution is 4.77. The number of hydrogen-bond donors (Lipinski definition) is 2. The molecule has 0 aromatic rings. The number of aliphatic hydroxyl groups is 2. The molecule has 2 nitrogen and oxygen atoms in total. The van der Waals surface area contributed by atoms with Crippen LogP contribution in [0.3, 0.4) is 0 Å². The third-order valence-electron chi connectivity index (χ3n) is 4.17. The van der Waals surface area contributed by atoms with Crippen LogP contribution in [0.15, 0.2) is 0 Å². The summed E-state index contributed by atoms with van der Waals surface area (Å²) in [5.41, 5.74) is -0.951. The Kier molecular flexibility index (Phi) is 7.25. The van der Waals surface area contributed by atoms with Crippen LogP contribution in [-0.4, -0.2) is 21.4 Å². The van der Waals surface area contributed by atoms with Gasteiger partial charge in [-0.15, -0.1) is 0 Å². The summed E-state index contributed by atoms with van der Waals surface area (Å²) in [7, 11) is 0. The maximum atomic E-state index is 10.1. The van der Waals surface area contributed by atoms with Crippen LogP contribution in [0.2, 0.25) is 0 Å². The lowest BCUT2D eigenvalue weighted by molar-refractivity contribution is 0.00727. The zero-order valence-corrected chi connectivity index (χ0v) is 11.6. The van der Waals surface area contributed by atoms with E-state index in [1.165, 1.54) is 0 Å². The molecule has 16 heavy (non-hydrogen) atoms. The second-order valence-corrected chi connectivity index (χ2v) is 5.07. The summed E-state index contributed by atoms with van der Waals surface area (Å²) in [5.74, 6) is 0. The molecule has 0 saturated heterocycles. The van der Waals surface area contributed by atoms with E-state index in [0.29, 0.717) is 0 Å². The third kappa shape index (κ3) is 5.31. The summed E-state index contributed by atoms with van der Waals surface area (Å²) in [6, 6.07) is 0. The van der Waals surface area contributed by atoms with Crippen LogP contribution >= 0.6 is 0 Å². The van der Waals surface area contributed by atoms with Gasteiger partial charge in [0, 0.05) is 0 Å². The first-order valence-corrected chi connectivity index (χ1v) is 6.90. The summed E-state index contributed by atoms with van der Waals surface area (Å²) in [6.07, 6.45) is 7.07. The van der Waals surface area contributed by atoms with Gasteiger partial charge in [0.25, 0.3) is 0 Å². The molecule has 2 N–H and O–H groups in total. The topological polar surface area (TPSA) is 40.5 Å². The first-order chi connectivity index (χ1) is 7.45. The van der Waals surface area contributed by atoms with Crippen molar-refractivity contribution in [1.29, 1.82) is 0 Å². The maximum Gasteiger partial charge on any atom is 0.0642 e. The van der Waals surface area contributed by atoms with Crippen LogP contribution in [0.1, 0.15) is 79.1 Å². The summed E-state index contributed by atoms with van der Waals surface area (Å²) < 4.78 is 0. The molecule has 98 valence electrons. The highest BCUT2D eigenvalue weighted by Crippen LogP contribution is 2.26. The van der Waals surface area contributed by atoms with E-state index in [9.17, 15) is 10.2 Å². The zero-order chi connectivity index (χ0) is 12.7. The summed E-state index contributed by atoms with van der Waals surface area (Å²) in [6.45, 7) is 8.16. The molecule has 0 aromatic heterocycles. The quantitative estimate of drug-likeness (QED) is 0.594. The Morgan fingerprint density at radius 3 is 1.06 bits per heavy atom. The van der Waals surface area contributed by atoms with Crippen molar-refractivity contribution in [3.63, 3.8) is 0 Å². The van der Waals surface area contributed by atoms with E-state index in [0.717, 1.165) is 51.4 Å². The highest BCUT2D eigenvalue weighted by atomic mass is 16.3. The number of hydrogen-bond acceptors (Lipinski definition) is 2. The molecular formula is C14H30O2. The van der Waals surface area contributed by atoms with Crippen molar-refractivity contribution in [3.05, 3.63) is 0 Å². The second kappa shape index (κ2) is 7.29. The first kappa shape index (κ1) is 15.9. The van der Waals surface area contributed by atoms with Gasteiger partial charge in [0.05, 0.1) is 11.2 Å². The number of unbranched alkanes of at least 4 members (excludes halogenated alkanes) is 1. The lowest BCUT2D eigenvalue weighted by Crippen LogP contribution is -2.28. The van der Waals surface area contributed by atoms with Crippen molar-refractivity contribution in [1.82, 2.24) is 0 Å². The molecule has 0 aliphatic carbocycles. The predicted molar refractivity (Wildman–Crippen MR) is 69.5 cm³/mol. The standard InChI is InChI=1S/C14H30O2/c1-5-13(15,6-2)11-9-10-12-14(16,7-3)8-4/h15-16H,5-12H2,1-4H3. The summed E-state index contributed by atoms with van der Waals surface area (Å²) in [4.78, 5) is 0. The van der Waals surface area contributed by atoms with Gasteiger partial charge in [-0.2, -0.15) is 0 Å². The molecule has 0 rings (SSSR count). The van der Waals surface area contributed by atoms with Crippen molar-refractivity contribution < 1.29 is 10.2 Å². The van der Waals surface area contributed by atoms with E-state index < -0.39 is 11.2 Å². The largest absolute Gasteiger partial charge is 0.390 e. The van der Waals surface area contributed by atoms with E-state index in [1.54, 1.807) is 0 Å². The van der Waals surface area contributed by atoms with Gasteiger partial charge in [0.1, 0.15) is 0 Å². The van der Waals surface area contributed by atoms with Crippen molar-refractivity contribution in [2.45, 2.75) is 90.3 Å². The fourth-order valence-electron chi connectivity index (χ4n) is 2.12. The van der Waals surface area contributed by atoms with E-state index in [4.69, 9.17) is 0 Å². The van der Waals surface area contributed by atoms with Gasteiger partial charge in [-0.25, -0.2) is 0 Å². The van der Waals surface area contributed by atoms with E-state index in [2.05, 4.69) is 0 Å². The van der Waals surface area contributed by atoms with Gasteiger partial charge in [0.2, 0.25) is 0 Å². The lowest BCUT2D eigenvalue weighted by atomic mass is 9.87. The Hall–Kier alpha value is -0.0800. The van der Waals surface area contributed by atoms with Gasteiger partial charge in [0.15, 0.2) is 0 Å². The SMILES string of the molecule is CCC(O)(CC)CCCCC(O)(CC)CC. The molecule has 0 aromatic carbocycles. The van der Waals surface area contributed by atoms with Gasteiger partial charge in [-0.3, -0.25) is 0 Å². The minimum Gasteiger partial charge on any atom is -0.390 e. The molecule has 0 aliphatic rings. The van der Waals surface area contributed by atoms with Gasteiger partial charge >= 0.3 is 0 Å². The van der Waals surface area contributed by atoms with Crippen molar-refractivity contribution in [3.8, 4) is 0 Å². The minimum absolute atomic E-state index is 0.476. The summed E-state index contributed by atoms with van der Waals surface area (Å²) in [5, 5.41) is 20.2. The van der Waals surface area contributed by atoms with E-state index in [-0.39, 0.29) is 0 Å². The van der Waals surface area contributed by atoms with Crippen LogP contribution in [0.4, 0.5) is 0 Å². The third-order valence-corrected chi connectivity index (χ3v) is 4.17. The molecule has 0 saturated carbocycles. The maximum absolute atomic E-state index is 10.1. The van der Waals surface area contributed by atoms with Crippen LogP contribution in [-0.2, 0) is 0 Å². The van der Waals surface area contributed by atoms with Gasteiger partial charge < -0.3 is 10.2 Å². The van der Waals surface area contributed by atoms with E-state index >= 15 is 0 Å². The van der Waals surface area contributed by atoms with E-state index in [1.807, 2.05) is 27.7 Å². The van der Waals surface area contributed by atoms with Crippen molar-refractivity contribution >= 4 is 0 Å². The average molecular weight is 230 g/mol. The Balaban J connectivity index is 3.83. The van der Waals surface area contributed by atoms with Crippen LogP contribution in [0.5, 0.6) is 0 Å². The molecule has 0 amide bonds. The van der Waals surface area contributed by atoms with Crippen LogP contribution in [0, 0.1) is 0 Å². The molecule has 0 bridgehead atoms. The normalized spacial score (nSPS) is 13.1. The molecule has 0 spiro atoms. The zero-order valence-electron chi connectivity index (χ0n) is 11.6. The molecule has 0 aliphatic heterocycles. The summed E-state index contributed by atoms with van der Waals surface area (Å²) >= 11 is 0. The Bertz CT molecular complexity index is 150. The Labute approximate surface area is 101 Å². The number of rotatable bonds is 9. The first-order valence-electron chi connectivity index (χ1n) is 6.90. The Morgan fingerprint density at radius 1 is 0.625 bits per heavy atom. The van der Waals surface area contributed by atoms with Crippen molar-refractivity contribution in [2.24, 2.45) is 0 Å². The lowest BCUT2D eigenvalue weighted by Gasteiger charge is -2.27. The van der Waals surface area contributed by atoms with Gasteiger partial charge in [-0.05, 0) is 38.5 Å².